The number of carbonyl (C=O) groups excluding carboxylic acids is 1. The van der Waals surface area contributed by atoms with Crippen LogP contribution in [0.4, 0.5) is 0 Å². The molecule has 0 spiro atoms. The molecule has 0 aliphatic carbocycles. The minimum atomic E-state index is -0.0768. The first-order chi connectivity index (χ1) is 16.2. The molecule has 0 saturated heterocycles. The highest BCUT2D eigenvalue weighted by Gasteiger charge is 2.34. The molecule has 4 aromatic rings. The van der Waals surface area contributed by atoms with E-state index in [2.05, 4.69) is 29.3 Å². The van der Waals surface area contributed by atoms with Crippen molar-refractivity contribution in [1.29, 1.82) is 0 Å². The number of thiophene rings is 2. The zero-order chi connectivity index (χ0) is 22.6. The van der Waals surface area contributed by atoms with E-state index in [1.807, 2.05) is 27.8 Å². The zero-order valence-corrected chi connectivity index (χ0v) is 19.7. The lowest BCUT2D eigenvalue weighted by molar-refractivity contribution is -0.134. The molecule has 0 fully saturated rings. The van der Waals surface area contributed by atoms with E-state index in [1.165, 1.54) is 0 Å². The molecule has 5 rings (SSSR count). The Morgan fingerprint density at radius 2 is 2.06 bits per heavy atom. The predicted octanol–water partition coefficient (Wildman–Crippen LogP) is 5.04. The molecule has 5 heterocycles. The number of furan rings is 1. The minimum Gasteiger partial charge on any atom is -0.459 e. The Balaban J connectivity index is 1.32. The Labute approximate surface area is 199 Å². The van der Waals surface area contributed by atoms with Gasteiger partial charge < -0.3 is 8.83 Å². The molecule has 1 aliphatic rings. The SMILES string of the molecule is CCCN(CC(=O)N1N=C(c2cccs2)C[C@@H]1c1cccs1)Cc1nnc(-c2ccco2)o1. The van der Waals surface area contributed by atoms with E-state index in [9.17, 15) is 4.79 Å². The predicted molar refractivity (Wildman–Crippen MR) is 127 cm³/mol. The summed E-state index contributed by atoms with van der Waals surface area (Å²) < 4.78 is 11.1. The highest BCUT2D eigenvalue weighted by Crippen LogP contribution is 2.36. The fourth-order valence-electron chi connectivity index (χ4n) is 3.84. The number of hydrazone groups is 1. The summed E-state index contributed by atoms with van der Waals surface area (Å²) in [6.07, 6.45) is 3.17. The molecule has 33 heavy (non-hydrogen) atoms. The molecule has 0 unspecified atom stereocenters. The van der Waals surface area contributed by atoms with Gasteiger partial charge in [-0.1, -0.05) is 19.1 Å². The third-order valence-corrected chi connectivity index (χ3v) is 7.19. The van der Waals surface area contributed by atoms with E-state index in [0.717, 1.165) is 34.9 Å². The highest BCUT2D eigenvalue weighted by atomic mass is 32.1. The summed E-state index contributed by atoms with van der Waals surface area (Å²) in [6, 6.07) is 11.6. The second-order valence-corrected chi connectivity index (χ2v) is 9.61. The molecule has 10 heteroatoms. The maximum absolute atomic E-state index is 13.4. The van der Waals surface area contributed by atoms with Crippen molar-refractivity contribution in [3.05, 3.63) is 69.1 Å². The maximum atomic E-state index is 13.4. The van der Waals surface area contributed by atoms with Crippen LogP contribution >= 0.6 is 22.7 Å². The summed E-state index contributed by atoms with van der Waals surface area (Å²) in [6.45, 7) is 3.40. The van der Waals surface area contributed by atoms with Gasteiger partial charge in [-0.05, 0) is 48.0 Å². The molecule has 4 aromatic heterocycles. The zero-order valence-electron chi connectivity index (χ0n) is 18.1. The molecule has 8 nitrogen and oxygen atoms in total. The van der Waals surface area contributed by atoms with Crippen molar-refractivity contribution in [2.24, 2.45) is 5.10 Å². The Morgan fingerprint density at radius 3 is 2.79 bits per heavy atom. The van der Waals surface area contributed by atoms with Gasteiger partial charge in [-0.25, -0.2) is 5.01 Å². The molecule has 0 bridgehead atoms. The molecule has 0 radical (unpaired) electrons. The molecular formula is C23H23N5O3S2. The number of hydrogen-bond acceptors (Lipinski definition) is 9. The quantitative estimate of drug-likeness (QED) is 0.333. The van der Waals surface area contributed by atoms with Gasteiger partial charge in [0, 0.05) is 11.3 Å². The van der Waals surface area contributed by atoms with E-state index < -0.39 is 0 Å². The van der Waals surface area contributed by atoms with E-state index in [0.29, 0.717) is 24.1 Å². The average Bonchev–Trinajstić information content (AvgIpc) is 3.61. The van der Waals surface area contributed by atoms with Crippen molar-refractivity contribution in [3.8, 4) is 11.7 Å². The van der Waals surface area contributed by atoms with Gasteiger partial charge in [0.1, 0.15) is 0 Å². The average molecular weight is 482 g/mol. The third kappa shape index (κ3) is 4.82. The summed E-state index contributed by atoms with van der Waals surface area (Å²) >= 11 is 3.30. The smallest absolute Gasteiger partial charge is 0.283 e. The monoisotopic (exact) mass is 481 g/mol. The van der Waals surface area contributed by atoms with Gasteiger partial charge in [0.25, 0.3) is 11.8 Å². The molecular weight excluding hydrogens is 458 g/mol. The van der Waals surface area contributed by atoms with Crippen molar-refractivity contribution in [3.63, 3.8) is 0 Å². The van der Waals surface area contributed by atoms with Crippen LogP contribution in [0, 0.1) is 0 Å². The Morgan fingerprint density at radius 1 is 1.18 bits per heavy atom. The van der Waals surface area contributed by atoms with Gasteiger partial charge in [0.2, 0.25) is 5.89 Å². The number of aromatic nitrogens is 2. The van der Waals surface area contributed by atoms with Gasteiger partial charge in [0.15, 0.2) is 5.76 Å². The highest BCUT2D eigenvalue weighted by molar-refractivity contribution is 7.12. The molecule has 1 aliphatic heterocycles. The number of amides is 1. The number of rotatable bonds is 9. The summed E-state index contributed by atoms with van der Waals surface area (Å²) in [5, 5.41) is 18.7. The van der Waals surface area contributed by atoms with Crippen LogP contribution in [-0.2, 0) is 11.3 Å². The minimum absolute atomic E-state index is 0.0424. The van der Waals surface area contributed by atoms with Gasteiger partial charge in [-0.2, -0.15) is 5.10 Å². The largest absolute Gasteiger partial charge is 0.459 e. The number of hydrogen-bond donors (Lipinski definition) is 0. The first-order valence-corrected chi connectivity index (χ1v) is 12.5. The first-order valence-electron chi connectivity index (χ1n) is 10.8. The first kappa shape index (κ1) is 21.7. The van der Waals surface area contributed by atoms with Crippen molar-refractivity contribution in [1.82, 2.24) is 20.1 Å². The standard InChI is InChI=1S/C23H23N5O3S2/c1-2-9-27(14-21-24-25-23(31-21)18-6-3-10-30-18)15-22(29)28-17(20-8-5-12-33-20)13-16(26-28)19-7-4-11-32-19/h3-8,10-12,17H,2,9,13-15H2,1H3/t17-/m1/s1. The fourth-order valence-corrected chi connectivity index (χ4v) is 5.37. The Hall–Kier alpha value is -3.08. The molecule has 0 saturated carbocycles. The van der Waals surface area contributed by atoms with Crippen molar-refractivity contribution < 1.29 is 13.6 Å². The van der Waals surface area contributed by atoms with Crippen LogP contribution in [0.5, 0.6) is 0 Å². The van der Waals surface area contributed by atoms with E-state index in [1.54, 1.807) is 46.1 Å². The molecule has 0 aromatic carbocycles. The summed E-state index contributed by atoms with van der Waals surface area (Å²) in [4.78, 5) is 17.7. The lowest BCUT2D eigenvalue weighted by atomic mass is 10.1. The van der Waals surface area contributed by atoms with E-state index in [-0.39, 0.29) is 18.5 Å². The number of nitrogens with zero attached hydrogens (tertiary/aromatic N) is 5. The molecule has 1 atom stereocenters. The van der Waals surface area contributed by atoms with E-state index >= 15 is 0 Å². The summed E-state index contributed by atoms with van der Waals surface area (Å²) in [5.41, 5.74) is 0.957. The third-order valence-electron chi connectivity index (χ3n) is 5.30. The van der Waals surface area contributed by atoms with Crippen molar-refractivity contribution in [2.75, 3.05) is 13.1 Å². The lowest BCUT2D eigenvalue weighted by Gasteiger charge is -2.25. The van der Waals surface area contributed by atoms with Crippen molar-refractivity contribution in [2.45, 2.75) is 32.4 Å². The van der Waals surface area contributed by atoms with Crippen LogP contribution in [0.25, 0.3) is 11.7 Å². The second kappa shape index (κ2) is 9.82. The molecule has 1 amide bonds. The number of carbonyl (C=O) groups is 1. The summed E-state index contributed by atoms with van der Waals surface area (Å²) in [5.74, 6) is 1.26. The van der Waals surface area contributed by atoms with E-state index in [4.69, 9.17) is 13.9 Å². The van der Waals surface area contributed by atoms with Crippen LogP contribution < -0.4 is 0 Å². The Bertz CT molecular complexity index is 1200. The van der Waals surface area contributed by atoms with Gasteiger partial charge in [-0.15, -0.1) is 32.9 Å². The fraction of sp³-hybridized carbons (Fsp3) is 0.304. The van der Waals surface area contributed by atoms with Crippen LogP contribution in [-0.4, -0.2) is 44.8 Å². The topological polar surface area (TPSA) is 88.0 Å². The Kier molecular flexibility index (Phi) is 6.47. The van der Waals surface area contributed by atoms with Crippen LogP contribution in [0.1, 0.15) is 41.5 Å². The van der Waals surface area contributed by atoms with Crippen molar-refractivity contribution >= 4 is 34.3 Å². The normalized spacial score (nSPS) is 16.0. The van der Waals surface area contributed by atoms with Crippen LogP contribution in [0.2, 0.25) is 0 Å². The maximum Gasteiger partial charge on any atom is 0.283 e. The summed E-state index contributed by atoms with van der Waals surface area (Å²) in [7, 11) is 0. The van der Waals surface area contributed by atoms with Crippen LogP contribution in [0.15, 0.2) is 67.4 Å². The second-order valence-electron chi connectivity index (χ2n) is 7.69. The molecule has 0 N–H and O–H groups in total. The van der Waals surface area contributed by atoms with Crippen LogP contribution in [0.3, 0.4) is 0 Å². The van der Waals surface area contributed by atoms with Gasteiger partial charge in [0.05, 0.1) is 36.0 Å². The lowest BCUT2D eigenvalue weighted by Crippen LogP contribution is -2.38. The van der Waals surface area contributed by atoms with Gasteiger partial charge in [-0.3, -0.25) is 9.69 Å². The van der Waals surface area contributed by atoms with Gasteiger partial charge >= 0.3 is 0 Å². The molecule has 170 valence electrons.